The van der Waals surface area contributed by atoms with Gasteiger partial charge in [0.05, 0.1) is 21.8 Å². The summed E-state index contributed by atoms with van der Waals surface area (Å²) in [5.74, 6) is 0.0691. The van der Waals surface area contributed by atoms with Crippen molar-refractivity contribution >= 4 is 34.9 Å². The second-order valence-corrected chi connectivity index (χ2v) is 9.84. The first-order valence-corrected chi connectivity index (χ1v) is 12.8. The second-order valence-electron chi connectivity index (χ2n) is 9.03. The molecule has 0 heterocycles. The average Bonchev–Trinajstić information content (AvgIpc) is 2.90. The summed E-state index contributed by atoms with van der Waals surface area (Å²) in [7, 11) is 0. The van der Waals surface area contributed by atoms with E-state index in [2.05, 4.69) is 0 Å². The zero-order chi connectivity index (χ0) is 27.7. The van der Waals surface area contributed by atoms with Crippen LogP contribution < -0.4 is 15.2 Å². The number of nitrogen functional groups attached to an aromatic ring is 1. The van der Waals surface area contributed by atoms with Crippen molar-refractivity contribution in [3.63, 3.8) is 0 Å². The zero-order valence-corrected chi connectivity index (χ0v) is 22.5. The standard InChI is InChI=1S/C28H32Cl2N2O6/c1-18(11-19-7-9-23(10-8-19)38-17-27(35)36)32(14-21(33)16-37-22-5-3-2-4-6-22)15-26(34)20-12-24(29)28(31)25(30)13-20/h2-10,12-13,18,21,26,33-34H,11,14-17,31H2,1H3,(H,35,36). The molecular formula is C28H32Cl2N2O6. The number of benzene rings is 3. The molecule has 204 valence electrons. The van der Waals surface area contributed by atoms with Gasteiger partial charge in [-0.25, -0.2) is 4.79 Å². The van der Waals surface area contributed by atoms with Crippen molar-refractivity contribution < 1.29 is 29.6 Å². The van der Waals surface area contributed by atoms with E-state index in [4.69, 9.17) is 43.5 Å². The van der Waals surface area contributed by atoms with Gasteiger partial charge in [-0.1, -0.05) is 53.5 Å². The first kappa shape index (κ1) is 29.5. The fourth-order valence-electron chi connectivity index (χ4n) is 3.93. The monoisotopic (exact) mass is 562 g/mol. The van der Waals surface area contributed by atoms with E-state index in [-0.39, 0.29) is 41.5 Å². The summed E-state index contributed by atoms with van der Waals surface area (Å²) in [5.41, 5.74) is 7.58. The van der Waals surface area contributed by atoms with E-state index in [1.165, 1.54) is 0 Å². The first-order valence-electron chi connectivity index (χ1n) is 12.1. The van der Waals surface area contributed by atoms with Gasteiger partial charge in [0.15, 0.2) is 6.61 Å². The minimum atomic E-state index is -1.05. The number of carboxylic acid groups (broad SMARTS) is 1. The Morgan fingerprint density at radius 1 is 0.947 bits per heavy atom. The smallest absolute Gasteiger partial charge is 0.341 e. The predicted octanol–water partition coefficient (Wildman–Crippen LogP) is 4.45. The van der Waals surface area contributed by atoms with Gasteiger partial charge in [-0.2, -0.15) is 0 Å². The Labute approximate surface area is 232 Å². The third-order valence-corrected chi connectivity index (χ3v) is 6.59. The van der Waals surface area contributed by atoms with Crippen LogP contribution in [0, 0.1) is 0 Å². The number of hydrogen-bond acceptors (Lipinski definition) is 7. The summed E-state index contributed by atoms with van der Waals surface area (Å²) in [5, 5.41) is 31.1. The Morgan fingerprint density at radius 2 is 1.55 bits per heavy atom. The normalized spacial score (nSPS) is 13.6. The number of para-hydroxylation sites is 1. The molecule has 0 amide bonds. The minimum Gasteiger partial charge on any atom is -0.491 e. The minimum absolute atomic E-state index is 0.0818. The molecule has 10 heteroatoms. The number of anilines is 1. The summed E-state index contributed by atoms with van der Waals surface area (Å²) >= 11 is 12.3. The molecule has 8 nitrogen and oxygen atoms in total. The largest absolute Gasteiger partial charge is 0.491 e. The van der Waals surface area contributed by atoms with Gasteiger partial charge in [0.2, 0.25) is 0 Å². The Bertz CT molecular complexity index is 1160. The quantitative estimate of drug-likeness (QED) is 0.212. The number of aliphatic carboxylic acids is 1. The average molecular weight is 563 g/mol. The summed E-state index contributed by atoms with van der Waals surface area (Å²) < 4.78 is 10.9. The highest BCUT2D eigenvalue weighted by Crippen LogP contribution is 2.32. The van der Waals surface area contributed by atoms with Crippen molar-refractivity contribution in [3.8, 4) is 11.5 Å². The fraction of sp³-hybridized carbons (Fsp3) is 0.321. The van der Waals surface area contributed by atoms with E-state index in [0.29, 0.717) is 23.5 Å². The van der Waals surface area contributed by atoms with Crippen molar-refractivity contribution in [3.05, 3.63) is 87.9 Å². The number of aliphatic hydroxyl groups is 2. The van der Waals surface area contributed by atoms with Gasteiger partial charge >= 0.3 is 5.97 Å². The maximum Gasteiger partial charge on any atom is 0.341 e. The number of nitrogens with two attached hydrogens (primary N) is 1. The molecule has 3 unspecified atom stereocenters. The van der Waals surface area contributed by atoms with E-state index < -0.39 is 24.8 Å². The van der Waals surface area contributed by atoms with Gasteiger partial charge in [0, 0.05) is 19.1 Å². The number of rotatable bonds is 14. The van der Waals surface area contributed by atoms with E-state index in [1.54, 1.807) is 24.3 Å². The molecule has 0 aliphatic heterocycles. The lowest BCUT2D eigenvalue weighted by atomic mass is 10.0. The maximum absolute atomic E-state index is 11.0. The van der Waals surface area contributed by atoms with E-state index in [9.17, 15) is 15.0 Å². The number of nitrogens with zero attached hydrogens (tertiary/aromatic N) is 1. The molecule has 0 saturated heterocycles. The van der Waals surface area contributed by atoms with Crippen molar-refractivity contribution in [1.29, 1.82) is 0 Å². The van der Waals surface area contributed by atoms with E-state index in [1.807, 2.05) is 54.3 Å². The number of hydrogen-bond donors (Lipinski definition) is 4. The second kappa shape index (κ2) is 14.2. The highest BCUT2D eigenvalue weighted by Gasteiger charge is 2.23. The van der Waals surface area contributed by atoms with E-state index >= 15 is 0 Å². The summed E-state index contributed by atoms with van der Waals surface area (Å²) in [6, 6.07) is 19.4. The van der Waals surface area contributed by atoms with Crippen LogP contribution in [0.3, 0.4) is 0 Å². The van der Waals surface area contributed by atoms with Gasteiger partial charge in [0.25, 0.3) is 0 Å². The molecule has 0 aliphatic carbocycles. The molecule has 0 aromatic heterocycles. The van der Waals surface area contributed by atoms with Crippen LogP contribution in [-0.4, -0.2) is 64.6 Å². The lowest BCUT2D eigenvalue weighted by molar-refractivity contribution is -0.139. The first-order chi connectivity index (χ1) is 18.1. The van der Waals surface area contributed by atoms with Crippen LogP contribution in [-0.2, 0) is 11.2 Å². The Hall–Kier alpha value is -3.01. The van der Waals surface area contributed by atoms with Crippen LogP contribution in [0.5, 0.6) is 11.5 Å². The topological polar surface area (TPSA) is 125 Å². The third-order valence-electron chi connectivity index (χ3n) is 5.96. The Kier molecular flexibility index (Phi) is 11.1. The molecular weight excluding hydrogens is 531 g/mol. The van der Waals surface area contributed by atoms with E-state index in [0.717, 1.165) is 5.56 Å². The molecule has 5 N–H and O–H groups in total. The molecule has 0 fully saturated rings. The highest BCUT2D eigenvalue weighted by atomic mass is 35.5. The van der Waals surface area contributed by atoms with Gasteiger partial charge in [0.1, 0.15) is 24.2 Å². The van der Waals surface area contributed by atoms with Crippen LogP contribution in [0.25, 0.3) is 0 Å². The lowest BCUT2D eigenvalue weighted by Crippen LogP contribution is -2.44. The molecule has 0 saturated carbocycles. The van der Waals surface area contributed by atoms with Crippen LogP contribution in [0.15, 0.2) is 66.7 Å². The number of aliphatic hydroxyl groups excluding tert-OH is 2. The highest BCUT2D eigenvalue weighted by molar-refractivity contribution is 6.38. The fourth-order valence-corrected chi connectivity index (χ4v) is 4.43. The van der Waals surface area contributed by atoms with Crippen LogP contribution in [0.4, 0.5) is 5.69 Å². The molecule has 0 bridgehead atoms. The van der Waals surface area contributed by atoms with Crippen molar-refractivity contribution in [1.82, 2.24) is 4.90 Å². The van der Waals surface area contributed by atoms with Crippen molar-refractivity contribution in [2.45, 2.75) is 31.6 Å². The molecule has 3 atom stereocenters. The molecule has 0 radical (unpaired) electrons. The Morgan fingerprint density at radius 3 is 2.16 bits per heavy atom. The SMILES string of the molecule is CC(Cc1ccc(OCC(=O)O)cc1)N(CC(O)COc1ccccc1)CC(O)c1cc(Cl)c(N)c(Cl)c1. The summed E-state index contributed by atoms with van der Waals surface area (Å²) in [4.78, 5) is 12.7. The molecule has 3 aromatic rings. The van der Waals surface area contributed by atoms with Gasteiger partial charge in [-0.15, -0.1) is 0 Å². The van der Waals surface area contributed by atoms with Crippen LogP contribution >= 0.6 is 23.2 Å². The van der Waals surface area contributed by atoms with Gasteiger partial charge in [-0.3, -0.25) is 4.90 Å². The van der Waals surface area contributed by atoms with Crippen molar-refractivity contribution in [2.75, 3.05) is 32.0 Å². The summed E-state index contributed by atoms with van der Waals surface area (Å²) in [6.45, 7) is 2.10. The number of ether oxygens (including phenoxy) is 2. The molecule has 0 spiro atoms. The van der Waals surface area contributed by atoms with Crippen LogP contribution in [0.1, 0.15) is 24.2 Å². The predicted molar refractivity (Wildman–Crippen MR) is 148 cm³/mol. The molecule has 3 rings (SSSR count). The Balaban J connectivity index is 1.71. The zero-order valence-electron chi connectivity index (χ0n) is 21.0. The number of halogens is 2. The third kappa shape index (κ3) is 9.08. The number of carbonyl (C=O) groups is 1. The van der Waals surface area contributed by atoms with Crippen molar-refractivity contribution in [2.24, 2.45) is 0 Å². The molecule has 0 aliphatic rings. The maximum atomic E-state index is 11.0. The van der Waals surface area contributed by atoms with Gasteiger partial charge < -0.3 is 30.5 Å². The van der Waals surface area contributed by atoms with Crippen LogP contribution in [0.2, 0.25) is 10.0 Å². The molecule has 3 aromatic carbocycles. The van der Waals surface area contributed by atoms with Gasteiger partial charge in [-0.05, 0) is 60.9 Å². The summed E-state index contributed by atoms with van der Waals surface area (Å²) in [6.07, 6.45) is -1.17. The lowest BCUT2D eigenvalue weighted by Gasteiger charge is -2.33. The number of carboxylic acids is 1. The molecule has 38 heavy (non-hydrogen) atoms.